The minimum atomic E-state index is 0. The molecule has 8 heteroatoms. The highest BCUT2D eigenvalue weighted by molar-refractivity contribution is 14.0. The van der Waals surface area contributed by atoms with E-state index >= 15 is 0 Å². The van der Waals surface area contributed by atoms with Gasteiger partial charge in [0.05, 0.1) is 25.0 Å². The van der Waals surface area contributed by atoms with Crippen molar-refractivity contribution < 1.29 is 4.74 Å². The lowest BCUT2D eigenvalue weighted by molar-refractivity contribution is 0.242. The first kappa shape index (κ1) is 22.9. The maximum absolute atomic E-state index is 5.21. The summed E-state index contributed by atoms with van der Waals surface area (Å²) in [6.07, 6.45) is 8.69. The molecule has 1 saturated heterocycles. The molecule has 1 saturated carbocycles. The summed E-state index contributed by atoms with van der Waals surface area (Å²) in [5.41, 5.74) is 1.99. The van der Waals surface area contributed by atoms with Crippen molar-refractivity contribution in [3.8, 4) is 11.4 Å². The van der Waals surface area contributed by atoms with E-state index in [9.17, 15) is 0 Å². The van der Waals surface area contributed by atoms with E-state index in [1.54, 1.807) is 7.11 Å². The highest BCUT2D eigenvalue weighted by Gasteiger charge is 2.30. The fraction of sp³-hybridized carbons (Fsp3) is 0.545. The van der Waals surface area contributed by atoms with Crippen molar-refractivity contribution >= 4 is 29.9 Å². The molecule has 0 radical (unpaired) electrons. The Balaban J connectivity index is 0.00000256. The maximum atomic E-state index is 5.21. The third kappa shape index (κ3) is 5.66. The summed E-state index contributed by atoms with van der Waals surface area (Å²) in [4.78, 5) is 7.06. The fourth-order valence-electron chi connectivity index (χ4n) is 4.40. The average molecular weight is 524 g/mol. The molecule has 30 heavy (non-hydrogen) atoms. The standard InChI is InChI=1S/C22H32N6O.HI/c1-23-22(25-18-11-13-27(16-18)19-5-3-4-6-19)24-15-17-12-14-28(26-17)20-7-9-21(29-2)10-8-20;/h7-10,12,14,18-19H,3-6,11,13,15-16H2,1-2H3,(H2,23,24,25);1H. The van der Waals surface area contributed by atoms with Crippen LogP contribution in [0.2, 0.25) is 0 Å². The summed E-state index contributed by atoms with van der Waals surface area (Å²) >= 11 is 0. The van der Waals surface area contributed by atoms with Crippen LogP contribution in [0.4, 0.5) is 0 Å². The molecule has 2 aromatic rings. The van der Waals surface area contributed by atoms with Gasteiger partial charge < -0.3 is 15.4 Å². The van der Waals surface area contributed by atoms with Gasteiger partial charge in [-0.15, -0.1) is 24.0 Å². The van der Waals surface area contributed by atoms with Crippen LogP contribution in [0.5, 0.6) is 5.75 Å². The van der Waals surface area contributed by atoms with Crippen molar-refractivity contribution in [3.63, 3.8) is 0 Å². The van der Waals surface area contributed by atoms with E-state index in [1.807, 2.05) is 48.3 Å². The Morgan fingerprint density at radius 3 is 2.63 bits per heavy atom. The van der Waals surface area contributed by atoms with Crippen molar-refractivity contribution in [2.45, 2.75) is 50.7 Å². The van der Waals surface area contributed by atoms with E-state index in [0.29, 0.717) is 12.6 Å². The smallest absolute Gasteiger partial charge is 0.191 e. The second-order valence-corrected chi connectivity index (χ2v) is 7.94. The number of ether oxygens (including phenoxy) is 1. The topological polar surface area (TPSA) is 66.7 Å². The molecule has 1 aromatic carbocycles. The molecule has 1 atom stereocenters. The molecule has 7 nitrogen and oxygen atoms in total. The summed E-state index contributed by atoms with van der Waals surface area (Å²) in [5, 5.41) is 11.7. The summed E-state index contributed by atoms with van der Waals surface area (Å²) in [5.74, 6) is 1.69. The van der Waals surface area contributed by atoms with E-state index in [1.165, 1.54) is 38.6 Å². The molecule has 0 spiro atoms. The number of nitrogens with one attached hydrogen (secondary N) is 2. The second-order valence-electron chi connectivity index (χ2n) is 7.94. The van der Waals surface area contributed by atoms with Crippen LogP contribution in [0, 0.1) is 0 Å². The number of benzene rings is 1. The summed E-state index contributed by atoms with van der Waals surface area (Å²) < 4.78 is 7.09. The molecule has 1 aromatic heterocycles. The van der Waals surface area contributed by atoms with Gasteiger partial charge in [-0.05, 0) is 49.6 Å². The van der Waals surface area contributed by atoms with Gasteiger partial charge in [-0.2, -0.15) is 5.10 Å². The Kier molecular flexibility index (Phi) is 8.38. The molecular weight excluding hydrogens is 491 g/mol. The molecule has 1 aliphatic heterocycles. The highest BCUT2D eigenvalue weighted by Crippen LogP contribution is 2.26. The van der Waals surface area contributed by atoms with Crippen LogP contribution >= 0.6 is 24.0 Å². The molecule has 2 fully saturated rings. The van der Waals surface area contributed by atoms with Gasteiger partial charge in [-0.3, -0.25) is 9.89 Å². The van der Waals surface area contributed by atoms with Crippen molar-refractivity contribution in [1.29, 1.82) is 0 Å². The number of hydrogen-bond donors (Lipinski definition) is 2. The van der Waals surface area contributed by atoms with Gasteiger partial charge in [-0.1, -0.05) is 12.8 Å². The lowest BCUT2D eigenvalue weighted by Gasteiger charge is -2.24. The molecule has 4 rings (SSSR count). The number of likely N-dealkylation sites (tertiary alicyclic amines) is 1. The molecule has 164 valence electrons. The van der Waals surface area contributed by atoms with E-state index in [-0.39, 0.29) is 24.0 Å². The monoisotopic (exact) mass is 524 g/mol. The van der Waals surface area contributed by atoms with Crippen molar-refractivity contribution in [2.75, 3.05) is 27.2 Å². The lowest BCUT2D eigenvalue weighted by atomic mass is 10.2. The normalized spacial score (nSPS) is 20.2. The van der Waals surface area contributed by atoms with Gasteiger partial charge in [0.1, 0.15) is 5.75 Å². The summed E-state index contributed by atoms with van der Waals surface area (Å²) in [6, 6.07) is 11.2. The quantitative estimate of drug-likeness (QED) is 0.345. The molecule has 2 N–H and O–H groups in total. The van der Waals surface area contributed by atoms with Crippen molar-refractivity contribution in [2.24, 2.45) is 4.99 Å². The first-order valence-electron chi connectivity index (χ1n) is 10.7. The molecule has 2 aliphatic rings. The van der Waals surface area contributed by atoms with Crippen LogP contribution < -0.4 is 15.4 Å². The van der Waals surface area contributed by atoms with Crippen molar-refractivity contribution in [3.05, 3.63) is 42.2 Å². The average Bonchev–Trinajstić information content (AvgIpc) is 3.52. The second kappa shape index (κ2) is 11.0. The third-order valence-electron chi connectivity index (χ3n) is 6.04. The van der Waals surface area contributed by atoms with Crippen LogP contribution in [0.25, 0.3) is 5.69 Å². The minimum absolute atomic E-state index is 0. The largest absolute Gasteiger partial charge is 0.497 e. The van der Waals surface area contributed by atoms with E-state index in [4.69, 9.17) is 4.74 Å². The number of aromatic nitrogens is 2. The zero-order valence-corrected chi connectivity index (χ0v) is 20.2. The van der Waals surface area contributed by atoms with Gasteiger partial charge in [0, 0.05) is 38.4 Å². The molecule has 0 bridgehead atoms. The number of hydrogen-bond acceptors (Lipinski definition) is 4. The predicted octanol–water partition coefficient (Wildman–Crippen LogP) is 3.18. The van der Waals surface area contributed by atoms with Crippen molar-refractivity contribution in [1.82, 2.24) is 25.3 Å². The number of guanidine groups is 1. The van der Waals surface area contributed by atoms with Crippen LogP contribution in [-0.4, -0.2) is 60.0 Å². The Hall–Kier alpha value is -1.81. The van der Waals surface area contributed by atoms with E-state index < -0.39 is 0 Å². The Labute approximate surface area is 196 Å². The van der Waals surface area contributed by atoms with Gasteiger partial charge in [0.25, 0.3) is 0 Å². The SMILES string of the molecule is CN=C(NCc1ccn(-c2ccc(OC)cc2)n1)NC1CCN(C2CCCC2)C1.I. The molecule has 1 aliphatic carbocycles. The molecule has 2 heterocycles. The molecular formula is C22H33IN6O. The van der Waals surface area contributed by atoms with Gasteiger partial charge >= 0.3 is 0 Å². The van der Waals surface area contributed by atoms with E-state index in [0.717, 1.165) is 35.7 Å². The lowest BCUT2D eigenvalue weighted by Crippen LogP contribution is -2.45. The van der Waals surface area contributed by atoms with Gasteiger partial charge in [0.2, 0.25) is 0 Å². The van der Waals surface area contributed by atoms with Crippen LogP contribution in [-0.2, 0) is 6.54 Å². The Morgan fingerprint density at radius 2 is 1.93 bits per heavy atom. The van der Waals surface area contributed by atoms with Gasteiger partial charge in [-0.25, -0.2) is 4.68 Å². The third-order valence-corrected chi connectivity index (χ3v) is 6.04. The minimum Gasteiger partial charge on any atom is -0.497 e. The first-order chi connectivity index (χ1) is 14.2. The number of rotatable bonds is 6. The van der Waals surface area contributed by atoms with Crippen LogP contribution in [0.3, 0.4) is 0 Å². The number of methoxy groups -OCH3 is 1. The van der Waals surface area contributed by atoms with Crippen LogP contribution in [0.15, 0.2) is 41.5 Å². The number of halogens is 1. The maximum Gasteiger partial charge on any atom is 0.191 e. The summed E-state index contributed by atoms with van der Waals surface area (Å²) in [7, 11) is 3.50. The molecule has 1 unspecified atom stereocenters. The van der Waals surface area contributed by atoms with Gasteiger partial charge in [0.15, 0.2) is 5.96 Å². The zero-order valence-electron chi connectivity index (χ0n) is 17.9. The fourth-order valence-corrected chi connectivity index (χ4v) is 4.40. The van der Waals surface area contributed by atoms with Crippen LogP contribution in [0.1, 0.15) is 37.8 Å². The first-order valence-corrected chi connectivity index (χ1v) is 10.7. The zero-order chi connectivity index (χ0) is 20.1. The number of nitrogens with zero attached hydrogens (tertiary/aromatic N) is 4. The predicted molar refractivity (Wildman–Crippen MR) is 131 cm³/mol. The molecule has 0 amide bonds. The Bertz CT molecular complexity index is 815. The summed E-state index contributed by atoms with van der Waals surface area (Å²) in [6.45, 7) is 2.96. The number of aliphatic imine (C=N–C) groups is 1. The highest BCUT2D eigenvalue weighted by atomic mass is 127. The Morgan fingerprint density at radius 1 is 1.17 bits per heavy atom. The van der Waals surface area contributed by atoms with E-state index in [2.05, 4.69) is 25.6 Å².